The third-order valence-corrected chi connectivity index (χ3v) is 4.98. The van der Waals surface area contributed by atoms with Crippen molar-refractivity contribution in [2.45, 2.75) is 19.4 Å². The molecule has 0 spiro atoms. The summed E-state index contributed by atoms with van der Waals surface area (Å²) in [4.78, 5) is 26.6. The second kappa shape index (κ2) is 9.71. The summed E-state index contributed by atoms with van der Waals surface area (Å²) in [6.45, 7) is 4.73. The van der Waals surface area contributed by atoms with E-state index in [1.54, 1.807) is 6.92 Å². The Morgan fingerprint density at radius 2 is 1.75 bits per heavy atom. The largest absolute Gasteiger partial charge is 0.452 e. The second-order valence-electron chi connectivity index (χ2n) is 6.57. The van der Waals surface area contributed by atoms with Crippen LogP contribution >= 0.6 is 15.9 Å². The first-order valence-corrected chi connectivity index (χ1v) is 9.98. The molecule has 0 saturated carbocycles. The molecule has 1 unspecified atom stereocenters. The molecule has 2 aromatic rings. The van der Waals surface area contributed by atoms with Crippen LogP contribution in [-0.2, 0) is 25.5 Å². The highest BCUT2D eigenvalue weighted by Gasteiger charge is 2.18. The summed E-state index contributed by atoms with van der Waals surface area (Å²) in [5, 5.41) is 2.78. The number of hydrogen-bond donors (Lipinski definition) is 1. The number of amides is 1. The fourth-order valence-electron chi connectivity index (χ4n) is 2.88. The lowest BCUT2D eigenvalue weighted by Gasteiger charge is -2.28. The smallest absolute Gasteiger partial charge is 0.311 e. The molecule has 6 nitrogen and oxygen atoms in total. The number of carbonyl (C=O) groups is 2. The lowest BCUT2D eigenvalue weighted by atomic mass is 10.1. The Hall–Kier alpha value is -2.38. The zero-order valence-electron chi connectivity index (χ0n) is 15.7. The molecule has 0 bridgehead atoms. The summed E-state index contributed by atoms with van der Waals surface area (Å²) >= 11 is 3.35. The van der Waals surface area contributed by atoms with Crippen molar-refractivity contribution in [3.8, 4) is 0 Å². The summed E-state index contributed by atoms with van der Waals surface area (Å²) in [7, 11) is 0. The number of benzene rings is 2. The van der Waals surface area contributed by atoms with Gasteiger partial charge in [0.05, 0.1) is 19.6 Å². The van der Waals surface area contributed by atoms with Crippen molar-refractivity contribution in [2.24, 2.45) is 0 Å². The fraction of sp³-hybridized carbons (Fsp3) is 0.333. The van der Waals surface area contributed by atoms with Crippen LogP contribution in [0, 0.1) is 0 Å². The van der Waals surface area contributed by atoms with E-state index in [2.05, 4.69) is 26.1 Å². The Kier molecular flexibility index (Phi) is 7.06. The van der Waals surface area contributed by atoms with Gasteiger partial charge in [-0.1, -0.05) is 28.1 Å². The minimum atomic E-state index is -0.873. The number of esters is 1. The van der Waals surface area contributed by atoms with Crippen molar-refractivity contribution in [1.82, 2.24) is 0 Å². The van der Waals surface area contributed by atoms with Gasteiger partial charge in [-0.25, -0.2) is 0 Å². The van der Waals surface area contributed by atoms with E-state index in [0.717, 1.165) is 42.0 Å². The third-order valence-electron chi connectivity index (χ3n) is 4.45. The Morgan fingerprint density at radius 1 is 1.11 bits per heavy atom. The van der Waals surface area contributed by atoms with E-state index < -0.39 is 12.1 Å². The first kappa shape index (κ1) is 20.4. The van der Waals surface area contributed by atoms with Gasteiger partial charge in [-0.15, -0.1) is 0 Å². The number of ether oxygens (including phenoxy) is 2. The van der Waals surface area contributed by atoms with Crippen LogP contribution in [0.25, 0.3) is 0 Å². The summed E-state index contributed by atoms with van der Waals surface area (Å²) in [5.74, 6) is -0.795. The molecule has 1 saturated heterocycles. The lowest BCUT2D eigenvalue weighted by Crippen LogP contribution is -2.36. The number of nitrogens with one attached hydrogen (secondary N) is 1. The van der Waals surface area contributed by atoms with Crippen molar-refractivity contribution in [2.75, 3.05) is 36.5 Å². The van der Waals surface area contributed by atoms with E-state index in [9.17, 15) is 9.59 Å². The highest BCUT2D eigenvalue weighted by atomic mass is 79.9. The van der Waals surface area contributed by atoms with E-state index >= 15 is 0 Å². The number of anilines is 2. The minimum Gasteiger partial charge on any atom is -0.452 e. The van der Waals surface area contributed by atoms with E-state index in [4.69, 9.17) is 9.47 Å². The summed E-state index contributed by atoms with van der Waals surface area (Å²) in [6, 6.07) is 15.0. The van der Waals surface area contributed by atoms with E-state index in [1.165, 1.54) is 0 Å². The van der Waals surface area contributed by atoms with Crippen molar-refractivity contribution in [3.63, 3.8) is 0 Å². The van der Waals surface area contributed by atoms with Crippen LogP contribution in [-0.4, -0.2) is 44.3 Å². The monoisotopic (exact) mass is 446 g/mol. The van der Waals surface area contributed by atoms with Gasteiger partial charge in [0.2, 0.25) is 0 Å². The number of morpholine rings is 1. The molecule has 0 aromatic heterocycles. The number of hydrogen-bond acceptors (Lipinski definition) is 5. The fourth-order valence-corrected chi connectivity index (χ4v) is 3.15. The number of carbonyl (C=O) groups excluding carboxylic acids is 2. The molecule has 7 heteroatoms. The molecule has 1 aliphatic rings. The Balaban J connectivity index is 1.49. The number of nitrogens with zero attached hydrogens (tertiary/aromatic N) is 1. The van der Waals surface area contributed by atoms with Gasteiger partial charge < -0.3 is 19.7 Å². The van der Waals surface area contributed by atoms with Crippen molar-refractivity contribution in [1.29, 1.82) is 0 Å². The van der Waals surface area contributed by atoms with Gasteiger partial charge in [-0.3, -0.25) is 9.59 Å². The van der Waals surface area contributed by atoms with Crippen molar-refractivity contribution >= 4 is 39.2 Å². The van der Waals surface area contributed by atoms with Gasteiger partial charge in [0.1, 0.15) is 0 Å². The van der Waals surface area contributed by atoms with Gasteiger partial charge in [0.15, 0.2) is 6.10 Å². The molecule has 1 fully saturated rings. The first-order valence-electron chi connectivity index (χ1n) is 9.19. The number of rotatable bonds is 6. The Morgan fingerprint density at radius 3 is 2.39 bits per heavy atom. The van der Waals surface area contributed by atoms with E-state index in [-0.39, 0.29) is 12.3 Å². The quantitative estimate of drug-likeness (QED) is 0.688. The summed E-state index contributed by atoms with van der Waals surface area (Å²) in [6.07, 6.45) is -0.749. The van der Waals surface area contributed by atoms with Gasteiger partial charge in [-0.2, -0.15) is 0 Å². The zero-order chi connectivity index (χ0) is 19.9. The normalized spacial score (nSPS) is 15.0. The molecular weight excluding hydrogens is 424 g/mol. The molecule has 148 valence electrons. The maximum absolute atomic E-state index is 12.3. The van der Waals surface area contributed by atoms with Crippen LogP contribution in [0.2, 0.25) is 0 Å². The average molecular weight is 447 g/mol. The molecule has 1 atom stereocenters. The molecule has 3 rings (SSSR count). The molecule has 1 aliphatic heterocycles. The van der Waals surface area contributed by atoms with Crippen LogP contribution in [0.4, 0.5) is 11.4 Å². The van der Waals surface area contributed by atoms with Crippen LogP contribution < -0.4 is 10.2 Å². The van der Waals surface area contributed by atoms with Gasteiger partial charge >= 0.3 is 5.97 Å². The van der Waals surface area contributed by atoms with Gasteiger partial charge in [0, 0.05) is 28.9 Å². The SMILES string of the molecule is CC(OC(=O)Cc1ccc(Br)cc1)C(=O)Nc1ccc(N2CCOCC2)cc1. The highest BCUT2D eigenvalue weighted by molar-refractivity contribution is 9.10. The lowest BCUT2D eigenvalue weighted by molar-refractivity contribution is -0.152. The predicted octanol–water partition coefficient (Wildman–Crippen LogP) is 3.40. The standard InChI is InChI=1S/C21H23BrN2O4/c1-15(28-20(25)14-16-2-4-17(22)5-3-16)21(26)23-18-6-8-19(9-7-18)24-10-12-27-13-11-24/h2-9,15H,10-14H2,1H3,(H,23,26). The van der Waals surface area contributed by atoms with Gasteiger partial charge in [-0.05, 0) is 48.9 Å². The minimum absolute atomic E-state index is 0.124. The Labute approximate surface area is 172 Å². The van der Waals surface area contributed by atoms with Crippen LogP contribution in [0.3, 0.4) is 0 Å². The zero-order valence-corrected chi connectivity index (χ0v) is 17.3. The average Bonchev–Trinajstić information content (AvgIpc) is 2.71. The van der Waals surface area contributed by atoms with Crippen LogP contribution in [0.5, 0.6) is 0 Å². The maximum atomic E-state index is 12.3. The topological polar surface area (TPSA) is 67.9 Å². The molecule has 0 aliphatic carbocycles. The summed E-state index contributed by atoms with van der Waals surface area (Å²) in [5.41, 5.74) is 2.59. The third kappa shape index (κ3) is 5.81. The Bertz CT molecular complexity index is 802. The molecule has 0 radical (unpaired) electrons. The first-order chi connectivity index (χ1) is 13.5. The van der Waals surface area contributed by atoms with Crippen LogP contribution in [0.1, 0.15) is 12.5 Å². The molecule has 1 N–H and O–H groups in total. The second-order valence-corrected chi connectivity index (χ2v) is 7.49. The molecule has 2 aromatic carbocycles. The van der Waals surface area contributed by atoms with Crippen molar-refractivity contribution < 1.29 is 19.1 Å². The van der Waals surface area contributed by atoms with E-state index in [0.29, 0.717) is 5.69 Å². The molecular formula is C21H23BrN2O4. The van der Waals surface area contributed by atoms with Crippen LogP contribution in [0.15, 0.2) is 53.0 Å². The maximum Gasteiger partial charge on any atom is 0.311 e. The molecule has 1 heterocycles. The summed E-state index contributed by atoms with van der Waals surface area (Å²) < 4.78 is 11.6. The molecule has 28 heavy (non-hydrogen) atoms. The highest BCUT2D eigenvalue weighted by Crippen LogP contribution is 2.19. The van der Waals surface area contributed by atoms with E-state index in [1.807, 2.05) is 48.5 Å². The van der Waals surface area contributed by atoms with Gasteiger partial charge in [0.25, 0.3) is 5.91 Å². The number of halogens is 1. The van der Waals surface area contributed by atoms with Crippen molar-refractivity contribution in [3.05, 3.63) is 58.6 Å². The predicted molar refractivity (Wildman–Crippen MR) is 112 cm³/mol. The molecule has 1 amide bonds.